The van der Waals surface area contributed by atoms with Crippen LogP contribution in [0.25, 0.3) is 0 Å². The molecule has 0 fully saturated rings. The van der Waals surface area contributed by atoms with E-state index < -0.39 is 0 Å². The lowest BCUT2D eigenvalue weighted by atomic mass is 10.1. The van der Waals surface area contributed by atoms with E-state index in [1.807, 2.05) is 18.2 Å². The lowest BCUT2D eigenvalue weighted by Crippen LogP contribution is -2.12. The number of amidine groups is 1. The third-order valence-corrected chi connectivity index (χ3v) is 3.17. The van der Waals surface area contributed by atoms with Crippen molar-refractivity contribution in [1.29, 1.82) is 5.41 Å². The van der Waals surface area contributed by atoms with E-state index in [2.05, 4.69) is 21.0 Å². The van der Waals surface area contributed by atoms with Crippen LogP contribution in [0.1, 0.15) is 23.2 Å². The second-order valence-electron chi connectivity index (χ2n) is 4.45. The lowest BCUT2D eigenvalue weighted by molar-refractivity contribution is 1.09. The number of anilines is 1. The van der Waals surface area contributed by atoms with Crippen LogP contribution in [0, 0.1) is 5.41 Å². The molecule has 6 N–H and O–H groups in total. The number of nitrogens with two attached hydrogens (primary N) is 2. The fraction of sp³-hybridized carbons (Fsp3) is 0.154. The van der Waals surface area contributed by atoms with E-state index in [1.165, 1.54) is 5.56 Å². The summed E-state index contributed by atoms with van der Waals surface area (Å²) < 4.78 is 0. The fourth-order valence-electron chi connectivity index (χ4n) is 2.30. The van der Waals surface area contributed by atoms with Crippen molar-refractivity contribution in [2.45, 2.75) is 12.8 Å². The number of nitrogens with one attached hydrogen (secondary N) is 2. The summed E-state index contributed by atoms with van der Waals surface area (Å²) in [6.07, 6.45) is 1.84. The summed E-state index contributed by atoms with van der Waals surface area (Å²) in [5.74, 6) is 0.488. The van der Waals surface area contributed by atoms with Crippen molar-refractivity contribution >= 4 is 23.3 Å². The number of aliphatic imine (C=N–C) groups is 1. The molecule has 96 valence electrons. The van der Waals surface area contributed by atoms with Gasteiger partial charge >= 0.3 is 0 Å². The third kappa shape index (κ3) is 1.97. The van der Waals surface area contributed by atoms with Crippen LogP contribution in [0.3, 0.4) is 0 Å². The SMILES string of the molecule is N=C(N)c1[nH]c(N)nc1N=C1CCc2ccccc21. The van der Waals surface area contributed by atoms with E-state index in [1.54, 1.807) is 0 Å². The molecule has 6 heteroatoms. The second kappa shape index (κ2) is 4.24. The lowest BCUT2D eigenvalue weighted by Gasteiger charge is -2.00. The Balaban J connectivity index is 2.06. The first-order chi connectivity index (χ1) is 9.15. The first kappa shape index (κ1) is 11.5. The molecule has 1 heterocycles. The zero-order valence-corrected chi connectivity index (χ0v) is 10.3. The molecule has 19 heavy (non-hydrogen) atoms. The number of nitrogens with zero attached hydrogens (tertiary/aromatic N) is 2. The monoisotopic (exact) mass is 254 g/mol. The molecule has 0 atom stereocenters. The summed E-state index contributed by atoms with van der Waals surface area (Å²) in [6.45, 7) is 0. The Bertz CT molecular complexity index is 682. The van der Waals surface area contributed by atoms with Gasteiger partial charge < -0.3 is 16.5 Å². The Morgan fingerprint density at radius 3 is 2.89 bits per heavy atom. The number of aromatic amines is 1. The van der Waals surface area contributed by atoms with Crippen molar-refractivity contribution in [3.63, 3.8) is 0 Å². The van der Waals surface area contributed by atoms with Crippen LogP contribution in [0.2, 0.25) is 0 Å². The predicted molar refractivity (Wildman–Crippen MR) is 75.0 cm³/mol. The maximum absolute atomic E-state index is 7.49. The van der Waals surface area contributed by atoms with Gasteiger partial charge in [-0.25, -0.2) is 4.99 Å². The van der Waals surface area contributed by atoms with Crippen LogP contribution in [0.5, 0.6) is 0 Å². The van der Waals surface area contributed by atoms with E-state index in [4.69, 9.17) is 16.9 Å². The highest BCUT2D eigenvalue weighted by molar-refractivity contribution is 6.07. The molecule has 6 nitrogen and oxygen atoms in total. The van der Waals surface area contributed by atoms with Gasteiger partial charge in [-0.3, -0.25) is 5.41 Å². The van der Waals surface area contributed by atoms with Gasteiger partial charge in [-0.2, -0.15) is 4.98 Å². The van der Waals surface area contributed by atoms with Crippen LogP contribution >= 0.6 is 0 Å². The Morgan fingerprint density at radius 2 is 2.11 bits per heavy atom. The van der Waals surface area contributed by atoms with Gasteiger partial charge in [-0.15, -0.1) is 0 Å². The van der Waals surface area contributed by atoms with Gasteiger partial charge in [0.15, 0.2) is 11.8 Å². The van der Waals surface area contributed by atoms with Gasteiger partial charge in [0.05, 0.1) is 5.71 Å². The number of H-pyrrole nitrogens is 1. The summed E-state index contributed by atoms with van der Waals surface area (Å²) in [6, 6.07) is 8.16. The molecule has 2 aromatic rings. The van der Waals surface area contributed by atoms with E-state index in [-0.39, 0.29) is 11.8 Å². The molecular formula is C13H14N6. The van der Waals surface area contributed by atoms with Crippen molar-refractivity contribution in [3.8, 4) is 0 Å². The van der Waals surface area contributed by atoms with E-state index >= 15 is 0 Å². The average Bonchev–Trinajstić information content (AvgIpc) is 2.95. The highest BCUT2D eigenvalue weighted by atomic mass is 15.1. The average molecular weight is 254 g/mol. The highest BCUT2D eigenvalue weighted by Crippen LogP contribution is 2.26. The summed E-state index contributed by atoms with van der Waals surface area (Å²) in [7, 11) is 0. The zero-order chi connectivity index (χ0) is 13.4. The molecule has 0 spiro atoms. The van der Waals surface area contributed by atoms with Gasteiger partial charge in [0.25, 0.3) is 0 Å². The zero-order valence-electron chi connectivity index (χ0n) is 10.3. The Kier molecular flexibility index (Phi) is 2.56. The topological polar surface area (TPSA) is 117 Å². The minimum Gasteiger partial charge on any atom is -0.382 e. The molecule has 0 saturated heterocycles. The number of nitrogen functional groups attached to an aromatic ring is 2. The van der Waals surface area contributed by atoms with Gasteiger partial charge in [0.1, 0.15) is 11.5 Å². The van der Waals surface area contributed by atoms with Crippen molar-refractivity contribution in [2.75, 3.05) is 5.73 Å². The largest absolute Gasteiger partial charge is 0.382 e. The molecule has 3 rings (SSSR count). The van der Waals surface area contributed by atoms with Crippen LogP contribution in [-0.4, -0.2) is 21.5 Å². The Hall–Kier alpha value is -2.63. The molecule has 0 saturated carbocycles. The first-order valence-electron chi connectivity index (χ1n) is 6.01. The molecule has 0 radical (unpaired) electrons. The van der Waals surface area contributed by atoms with Gasteiger partial charge in [0.2, 0.25) is 0 Å². The Labute approximate surface area is 110 Å². The van der Waals surface area contributed by atoms with Crippen LogP contribution in [0.4, 0.5) is 11.8 Å². The van der Waals surface area contributed by atoms with Crippen molar-refractivity contribution in [2.24, 2.45) is 10.7 Å². The highest BCUT2D eigenvalue weighted by Gasteiger charge is 2.19. The van der Waals surface area contributed by atoms with E-state index in [9.17, 15) is 0 Å². The van der Waals surface area contributed by atoms with Gasteiger partial charge in [0, 0.05) is 0 Å². The number of imidazole rings is 1. The summed E-state index contributed by atoms with van der Waals surface area (Å²) in [4.78, 5) is 11.3. The molecule has 0 unspecified atom stereocenters. The summed E-state index contributed by atoms with van der Waals surface area (Å²) in [5.41, 5.74) is 14.8. The van der Waals surface area contributed by atoms with E-state index in [0.717, 1.165) is 24.1 Å². The minimum absolute atomic E-state index is 0.116. The van der Waals surface area contributed by atoms with Crippen molar-refractivity contribution < 1.29 is 0 Å². The first-order valence-corrected chi connectivity index (χ1v) is 6.01. The fourth-order valence-corrected chi connectivity index (χ4v) is 2.30. The van der Waals surface area contributed by atoms with Gasteiger partial charge in [-0.05, 0) is 24.0 Å². The maximum Gasteiger partial charge on any atom is 0.200 e. The molecule has 0 bridgehead atoms. The Morgan fingerprint density at radius 1 is 1.32 bits per heavy atom. The van der Waals surface area contributed by atoms with E-state index in [0.29, 0.717) is 11.5 Å². The summed E-state index contributed by atoms with van der Waals surface area (Å²) >= 11 is 0. The van der Waals surface area contributed by atoms with Gasteiger partial charge in [-0.1, -0.05) is 24.3 Å². The quantitative estimate of drug-likeness (QED) is 0.478. The van der Waals surface area contributed by atoms with Crippen molar-refractivity contribution in [3.05, 3.63) is 41.1 Å². The van der Waals surface area contributed by atoms with Crippen LogP contribution in [0.15, 0.2) is 29.3 Å². The minimum atomic E-state index is -0.116. The maximum atomic E-state index is 7.49. The smallest absolute Gasteiger partial charge is 0.200 e. The molecule has 0 amide bonds. The van der Waals surface area contributed by atoms with Crippen LogP contribution in [-0.2, 0) is 6.42 Å². The number of benzene rings is 1. The number of aryl methyl sites for hydroxylation is 1. The molecule has 1 aromatic carbocycles. The molecule has 1 aliphatic rings. The number of rotatable bonds is 2. The number of hydrogen-bond donors (Lipinski definition) is 4. The van der Waals surface area contributed by atoms with Crippen LogP contribution < -0.4 is 11.5 Å². The molecule has 1 aliphatic carbocycles. The number of fused-ring (bicyclic) bond motifs is 1. The molecule has 0 aliphatic heterocycles. The van der Waals surface area contributed by atoms with Crippen molar-refractivity contribution in [1.82, 2.24) is 9.97 Å². The number of aromatic nitrogens is 2. The normalized spacial score (nSPS) is 15.7. The molecular weight excluding hydrogens is 240 g/mol. The molecule has 1 aromatic heterocycles. The predicted octanol–water partition coefficient (Wildman–Crippen LogP) is 1.34. The second-order valence-corrected chi connectivity index (χ2v) is 4.45. The standard InChI is InChI=1S/C13H14N6/c14-11(15)10-12(19-13(16)18-10)17-9-6-5-7-3-1-2-4-8(7)9/h1-4H,5-6H2,(H3,14,15)(H3,16,18,19). The number of hydrogen-bond acceptors (Lipinski definition) is 4. The third-order valence-electron chi connectivity index (χ3n) is 3.17. The summed E-state index contributed by atoms with van der Waals surface area (Å²) in [5, 5.41) is 7.49.